The summed E-state index contributed by atoms with van der Waals surface area (Å²) in [5.74, 6) is -1.99. The summed E-state index contributed by atoms with van der Waals surface area (Å²) >= 11 is 1.32. The van der Waals surface area contributed by atoms with E-state index in [2.05, 4.69) is 15.6 Å². The molecule has 11 heteroatoms. The zero-order valence-electron chi connectivity index (χ0n) is 18.0. The number of fused-ring (bicyclic) bond motifs is 1. The summed E-state index contributed by atoms with van der Waals surface area (Å²) in [6, 6.07) is 10.3. The molecule has 1 aromatic heterocycles. The summed E-state index contributed by atoms with van der Waals surface area (Å²) in [5.41, 5.74) is 6.39. The van der Waals surface area contributed by atoms with Crippen LogP contribution in [0.2, 0.25) is 0 Å². The highest BCUT2D eigenvalue weighted by atomic mass is 32.1. The molecule has 3 rings (SSSR count). The number of likely N-dealkylation sites (N-methyl/N-ethyl adjacent to an activating group) is 1. The van der Waals surface area contributed by atoms with Crippen LogP contribution < -0.4 is 16.4 Å². The van der Waals surface area contributed by atoms with Gasteiger partial charge >= 0.3 is 12.1 Å². The van der Waals surface area contributed by atoms with Crippen LogP contribution in [0, 0.1) is 11.6 Å². The standard InChI is InChI=1S/C22H25F2N5O3S/c1-29(21(30)26-12-14-6-4-8-16(23)19(14)24)15(7-5-11-25)13-32-22(31)28-20-27-17-9-2-3-10-18(17)33-20/h2-4,6,8-10,15H,5,7,11-13,25H2,1H3,(H,26,30)(H,27,28,31)/t15-/m0/s1. The molecule has 0 saturated heterocycles. The Labute approximate surface area is 193 Å². The average molecular weight is 478 g/mol. The van der Waals surface area contributed by atoms with Gasteiger partial charge in [-0.1, -0.05) is 35.6 Å². The Morgan fingerprint density at radius 2 is 2.00 bits per heavy atom. The third-order valence-electron chi connectivity index (χ3n) is 4.98. The Bertz CT molecular complexity index is 1080. The summed E-state index contributed by atoms with van der Waals surface area (Å²) in [5, 5.41) is 5.55. The van der Waals surface area contributed by atoms with Crippen molar-refractivity contribution in [1.82, 2.24) is 15.2 Å². The van der Waals surface area contributed by atoms with E-state index in [1.807, 2.05) is 24.3 Å². The number of carbonyl (C=O) groups is 2. The molecular weight excluding hydrogens is 452 g/mol. The highest BCUT2D eigenvalue weighted by Crippen LogP contribution is 2.25. The first-order valence-electron chi connectivity index (χ1n) is 10.3. The Morgan fingerprint density at radius 3 is 2.76 bits per heavy atom. The van der Waals surface area contributed by atoms with E-state index in [9.17, 15) is 18.4 Å². The van der Waals surface area contributed by atoms with Gasteiger partial charge in [0.2, 0.25) is 0 Å². The number of nitrogens with two attached hydrogens (primary N) is 1. The number of carbonyl (C=O) groups excluding carboxylic acids is 2. The van der Waals surface area contributed by atoms with Crippen LogP contribution in [0.15, 0.2) is 42.5 Å². The van der Waals surface area contributed by atoms with Gasteiger partial charge in [-0.05, 0) is 37.6 Å². The normalized spacial score (nSPS) is 11.8. The van der Waals surface area contributed by atoms with Gasteiger partial charge in [0.05, 0.1) is 16.3 Å². The second-order valence-corrected chi connectivity index (χ2v) is 8.31. The number of hydrogen-bond acceptors (Lipinski definition) is 6. The lowest BCUT2D eigenvalue weighted by molar-refractivity contribution is 0.113. The quantitative estimate of drug-likeness (QED) is 0.430. The van der Waals surface area contributed by atoms with Gasteiger partial charge in [-0.15, -0.1) is 0 Å². The average Bonchev–Trinajstić information content (AvgIpc) is 3.21. The van der Waals surface area contributed by atoms with Crippen molar-refractivity contribution in [2.24, 2.45) is 5.73 Å². The number of amides is 3. The number of nitrogens with one attached hydrogen (secondary N) is 2. The molecule has 0 spiro atoms. The van der Waals surface area contributed by atoms with E-state index in [4.69, 9.17) is 10.5 Å². The Morgan fingerprint density at radius 1 is 1.21 bits per heavy atom. The monoisotopic (exact) mass is 477 g/mol. The lowest BCUT2D eigenvalue weighted by Gasteiger charge is -2.28. The van der Waals surface area contributed by atoms with Crippen LogP contribution in [0.4, 0.5) is 23.5 Å². The van der Waals surface area contributed by atoms with Crippen molar-refractivity contribution in [3.05, 3.63) is 59.7 Å². The number of benzene rings is 2. The first-order chi connectivity index (χ1) is 15.9. The van der Waals surface area contributed by atoms with Gasteiger partial charge in [0.15, 0.2) is 16.8 Å². The van der Waals surface area contributed by atoms with Crippen LogP contribution in [0.5, 0.6) is 0 Å². The highest BCUT2D eigenvalue weighted by Gasteiger charge is 2.22. The summed E-state index contributed by atoms with van der Waals surface area (Å²) in [6.07, 6.45) is 0.398. The molecule has 0 saturated carbocycles. The summed E-state index contributed by atoms with van der Waals surface area (Å²) < 4.78 is 33.4. The topological polar surface area (TPSA) is 110 Å². The largest absolute Gasteiger partial charge is 0.447 e. The van der Waals surface area contributed by atoms with Crippen LogP contribution in [-0.4, -0.2) is 48.2 Å². The zero-order chi connectivity index (χ0) is 23.8. The Kier molecular flexibility index (Phi) is 8.50. The molecule has 1 atom stereocenters. The van der Waals surface area contributed by atoms with Crippen molar-refractivity contribution in [3.8, 4) is 0 Å². The van der Waals surface area contributed by atoms with E-state index in [1.54, 1.807) is 0 Å². The molecular formula is C22H25F2N5O3S. The van der Waals surface area contributed by atoms with Crippen LogP contribution in [-0.2, 0) is 11.3 Å². The number of nitrogens with zero attached hydrogens (tertiary/aromatic N) is 2. The molecule has 0 bridgehead atoms. The van der Waals surface area contributed by atoms with Gasteiger partial charge in [0.1, 0.15) is 6.61 Å². The molecule has 0 aliphatic heterocycles. The maximum Gasteiger partial charge on any atom is 0.413 e. The van der Waals surface area contributed by atoms with Gasteiger partial charge in [-0.25, -0.2) is 23.4 Å². The van der Waals surface area contributed by atoms with E-state index < -0.39 is 29.8 Å². The van der Waals surface area contributed by atoms with Gasteiger partial charge in [-0.2, -0.15) is 0 Å². The van der Waals surface area contributed by atoms with E-state index in [1.165, 1.54) is 35.4 Å². The molecule has 0 fully saturated rings. The lowest BCUT2D eigenvalue weighted by Crippen LogP contribution is -2.46. The summed E-state index contributed by atoms with van der Waals surface area (Å²) in [7, 11) is 1.53. The highest BCUT2D eigenvalue weighted by molar-refractivity contribution is 7.22. The van der Waals surface area contributed by atoms with Gasteiger partial charge in [-0.3, -0.25) is 5.32 Å². The molecule has 0 aliphatic carbocycles. The number of thiazole rings is 1. The van der Waals surface area contributed by atoms with Crippen LogP contribution in [0.1, 0.15) is 18.4 Å². The van der Waals surface area contributed by atoms with Crippen LogP contribution in [0.3, 0.4) is 0 Å². The smallest absolute Gasteiger partial charge is 0.413 e. The number of urea groups is 1. The Hall–Kier alpha value is -3.31. The van der Waals surface area contributed by atoms with Gasteiger partial charge in [0, 0.05) is 19.2 Å². The molecule has 33 heavy (non-hydrogen) atoms. The SMILES string of the molecule is CN(C(=O)NCc1cccc(F)c1F)[C@@H](CCCN)COC(=O)Nc1nc2ccccc2s1. The minimum absolute atomic E-state index is 0.0294. The summed E-state index contributed by atoms with van der Waals surface area (Å²) in [6.45, 7) is 0.142. The van der Waals surface area contributed by atoms with Crippen molar-refractivity contribution in [1.29, 1.82) is 0 Å². The molecule has 2 aromatic carbocycles. The summed E-state index contributed by atoms with van der Waals surface area (Å²) in [4.78, 5) is 30.5. The molecule has 3 aromatic rings. The predicted octanol–water partition coefficient (Wildman–Crippen LogP) is 4.07. The van der Waals surface area contributed by atoms with E-state index >= 15 is 0 Å². The first kappa shape index (κ1) is 24.3. The lowest BCUT2D eigenvalue weighted by atomic mass is 10.1. The third kappa shape index (κ3) is 6.59. The number of rotatable bonds is 9. The fraction of sp³-hybridized carbons (Fsp3) is 0.318. The number of aromatic nitrogens is 1. The fourth-order valence-electron chi connectivity index (χ4n) is 3.11. The minimum atomic E-state index is -1.00. The maximum atomic E-state index is 13.8. The molecule has 0 aliphatic rings. The van der Waals surface area contributed by atoms with Crippen molar-refractivity contribution in [2.75, 3.05) is 25.5 Å². The fourth-order valence-corrected chi connectivity index (χ4v) is 3.96. The van der Waals surface area contributed by atoms with Crippen LogP contribution in [0.25, 0.3) is 10.2 Å². The van der Waals surface area contributed by atoms with Crippen molar-refractivity contribution >= 4 is 38.8 Å². The Balaban J connectivity index is 1.55. The molecule has 4 N–H and O–H groups in total. The van der Waals surface area contributed by atoms with Crippen LogP contribution >= 0.6 is 11.3 Å². The molecule has 0 unspecified atom stereocenters. The molecule has 3 amide bonds. The number of anilines is 1. The molecule has 8 nitrogen and oxygen atoms in total. The number of hydrogen-bond donors (Lipinski definition) is 3. The predicted molar refractivity (Wildman–Crippen MR) is 123 cm³/mol. The second-order valence-electron chi connectivity index (χ2n) is 7.28. The molecule has 0 radical (unpaired) electrons. The van der Waals surface area contributed by atoms with Crippen molar-refractivity contribution < 1.29 is 23.1 Å². The third-order valence-corrected chi connectivity index (χ3v) is 5.93. The van der Waals surface area contributed by atoms with Gasteiger partial charge < -0.3 is 20.7 Å². The van der Waals surface area contributed by atoms with E-state index in [0.717, 1.165) is 16.3 Å². The van der Waals surface area contributed by atoms with Gasteiger partial charge in [0.25, 0.3) is 0 Å². The first-order valence-corrected chi connectivity index (χ1v) is 11.1. The second kappa shape index (κ2) is 11.5. The van der Waals surface area contributed by atoms with Crippen molar-refractivity contribution in [2.45, 2.75) is 25.4 Å². The van der Waals surface area contributed by atoms with E-state index in [0.29, 0.717) is 24.5 Å². The maximum absolute atomic E-state index is 13.8. The number of ether oxygens (including phenoxy) is 1. The number of halogens is 2. The number of para-hydroxylation sites is 1. The zero-order valence-corrected chi connectivity index (χ0v) is 18.8. The minimum Gasteiger partial charge on any atom is -0.447 e. The van der Waals surface area contributed by atoms with Crippen molar-refractivity contribution in [3.63, 3.8) is 0 Å². The molecule has 1 heterocycles. The van der Waals surface area contributed by atoms with E-state index in [-0.39, 0.29) is 18.7 Å². The molecule has 176 valence electrons.